The molecule has 6 nitrogen and oxygen atoms in total. The Hall–Kier alpha value is -1.89. The molecule has 114 valence electrons. The number of hydrogen-bond donors (Lipinski definition) is 2. The fourth-order valence-electron chi connectivity index (χ4n) is 2.38. The number of carbonyl (C=O) groups excluding carboxylic acids is 1. The summed E-state index contributed by atoms with van der Waals surface area (Å²) in [5, 5.41) is 8.84. The van der Waals surface area contributed by atoms with Crippen LogP contribution in [0, 0.1) is 0 Å². The Morgan fingerprint density at radius 2 is 2.05 bits per heavy atom. The molecule has 0 fully saturated rings. The topological polar surface area (TPSA) is 84.1 Å². The summed E-state index contributed by atoms with van der Waals surface area (Å²) in [6, 6.07) is 6.68. The van der Waals surface area contributed by atoms with Crippen molar-refractivity contribution in [3.63, 3.8) is 0 Å². The van der Waals surface area contributed by atoms with Crippen LogP contribution in [0.4, 0.5) is 5.82 Å². The van der Waals surface area contributed by atoms with Gasteiger partial charge in [0.15, 0.2) is 5.82 Å². The lowest BCUT2D eigenvalue weighted by Crippen LogP contribution is -2.36. The summed E-state index contributed by atoms with van der Waals surface area (Å²) in [5.74, 6) is 5.72. The fourth-order valence-corrected chi connectivity index (χ4v) is 2.68. The van der Waals surface area contributed by atoms with Gasteiger partial charge in [0.2, 0.25) is 0 Å². The van der Waals surface area contributed by atoms with Gasteiger partial charge in [0.25, 0.3) is 5.91 Å². The van der Waals surface area contributed by atoms with E-state index in [2.05, 4.69) is 15.6 Å². The first kappa shape index (κ1) is 15.0. The molecule has 0 unspecified atom stereocenters. The van der Waals surface area contributed by atoms with Gasteiger partial charge in [-0.2, -0.15) is 5.10 Å². The number of rotatable bonds is 2. The second-order valence-electron chi connectivity index (χ2n) is 4.95. The maximum absolute atomic E-state index is 12.6. The third-order valence-electron chi connectivity index (χ3n) is 3.54. The number of nitrogens with two attached hydrogens (primary N) is 1. The second-order valence-corrected chi connectivity index (χ2v) is 5.77. The van der Waals surface area contributed by atoms with Crippen molar-refractivity contribution >= 4 is 34.9 Å². The van der Waals surface area contributed by atoms with Crippen molar-refractivity contribution in [2.45, 2.75) is 13.0 Å². The largest absolute Gasteiger partial charge is 0.334 e. The highest BCUT2D eigenvalue weighted by Crippen LogP contribution is 2.25. The number of anilines is 1. The zero-order valence-corrected chi connectivity index (χ0v) is 13.0. The summed E-state index contributed by atoms with van der Waals surface area (Å²) in [6.07, 6.45) is 0.653. The number of halogens is 2. The monoisotopic (exact) mass is 337 g/mol. The standard InChI is InChI=1S/C14H13Cl2N5O/c15-10-2-1-8(5-11(10)16)14(22)21-4-3-12-9(7-21)6-13(18-17)20-19-12/h1-2,5-6H,3-4,7,17H2,(H,18,20). The number of nitrogens with zero attached hydrogens (tertiary/aromatic N) is 3. The normalized spacial score (nSPS) is 13.7. The van der Waals surface area contributed by atoms with Gasteiger partial charge in [-0.05, 0) is 29.8 Å². The molecule has 8 heteroatoms. The Morgan fingerprint density at radius 3 is 2.77 bits per heavy atom. The number of benzene rings is 1. The van der Waals surface area contributed by atoms with E-state index in [0.29, 0.717) is 40.9 Å². The molecule has 1 aromatic carbocycles. The van der Waals surface area contributed by atoms with Crippen molar-refractivity contribution < 1.29 is 4.79 Å². The minimum Gasteiger partial charge on any atom is -0.334 e. The smallest absolute Gasteiger partial charge is 0.254 e. The predicted molar refractivity (Wildman–Crippen MR) is 84.7 cm³/mol. The van der Waals surface area contributed by atoms with Gasteiger partial charge >= 0.3 is 0 Å². The minimum absolute atomic E-state index is 0.0942. The van der Waals surface area contributed by atoms with Crippen LogP contribution < -0.4 is 11.3 Å². The van der Waals surface area contributed by atoms with E-state index in [-0.39, 0.29) is 5.91 Å². The Balaban J connectivity index is 1.84. The Labute approximate surface area is 137 Å². The summed E-state index contributed by atoms with van der Waals surface area (Å²) in [6.45, 7) is 1.04. The van der Waals surface area contributed by atoms with E-state index >= 15 is 0 Å². The van der Waals surface area contributed by atoms with Gasteiger partial charge in [-0.15, -0.1) is 5.10 Å². The van der Waals surface area contributed by atoms with Crippen LogP contribution >= 0.6 is 23.2 Å². The summed E-state index contributed by atoms with van der Waals surface area (Å²) in [7, 11) is 0. The van der Waals surface area contributed by atoms with Gasteiger partial charge in [-0.1, -0.05) is 23.2 Å². The van der Waals surface area contributed by atoms with Crippen LogP contribution in [0.1, 0.15) is 21.6 Å². The van der Waals surface area contributed by atoms with Crippen LogP contribution in [-0.2, 0) is 13.0 Å². The van der Waals surface area contributed by atoms with Crippen molar-refractivity contribution in [1.29, 1.82) is 0 Å². The lowest BCUT2D eigenvalue weighted by molar-refractivity contribution is 0.0733. The molecule has 2 heterocycles. The second kappa shape index (κ2) is 6.08. The number of nitrogens with one attached hydrogen (secondary N) is 1. The first-order valence-electron chi connectivity index (χ1n) is 6.65. The average Bonchev–Trinajstić information content (AvgIpc) is 2.55. The predicted octanol–water partition coefficient (Wildman–Crippen LogP) is 2.27. The lowest BCUT2D eigenvalue weighted by atomic mass is 10.1. The Morgan fingerprint density at radius 1 is 1.23 bits per heavy atom. The van der Waals surface area contributed by atoms with Crippen molar-refractivity contribution in [3.05, 3.63) is 51.1 Å². The van der Waals surface area contributed by atoms with Crippen LogP contribution in [0.5, 0.6) is 0 Å². The molecule has 0 spiro atoms. The summed E-state index contributed by atoms with van der Waals surface area (Å²) < 4.78 is 0. The van der Waals surface area contributed by atoms with Crippen LogP contribution in [0.25, 0.3) is 0 Å². The van der Waals surface area contributed by atoms with Crippen LogP contribution in [-0.4, -0.2) is 27.5 Å². The fraction of sp³-hybridized carbons (Fsp3) is 0.214. The first-order valence-corrected chi connectivity index (χ1v) is 7.40. The van der Waals surface area contributed by atoms with Crippen molar-refractivity contribution in [2.24, 2.45) is 5.84 Å². The van der Waals surface area contributed by atoms with Crippen LogP contribution in [0.2, 0.25) is 10.0 Å². The molecule has 1 aliphatic heterocycles. The van der Waals surface area contributed by atoms with Crippen LogP contribution in [0.15, 0.2) is 24.3 Å². The van der Waals surface area contributed by atoms with Gasteiger partial charge in [-0.3, -0.25) is 4.79 Å². The molecule has 0 saturated heterocycles. The number of hydrazine groups is 1. The van der Waals surface area contributed by atoms with E-state index in [1.165, 1.54) is 0 Å². The number of nitrogen functional groups attached to an aromatic ring is 1. The lowest BCUT2D eigenvalue weighted by Gasteiger charge is -2.28. The molecule has 0 aliphatic carbocycles. The molecule has 0 radical (unpaired) electrons. The highest BCUT2D eigenvalue weighted by atomic mass is 35.5. The molecular formula is C14H13Cl2N5O. The number of carbonyl (C=O) groups is 1. The van der Waals surface area contributed by atoms with Crippen molar-refractivity contribution in [3.8, 4) is 0 Å². The average molecular weight is 338 g/mol. The van der Waals surface area contributed by atoms with E-state index in [0.717, 1.165) is 11.3 Å². The van der Waals surface area contributed by atoms with Gasteiger partial charge in [0.1, 0.15) is 0 Å². The molecule has 0 atom stereocenters. The molecule has 22 heavy (non-hydrogen) atoms. The van der Waals surface area contributed by atoms with E-state index < -0.39 is 0 Å². The molecule has 0 saturated carbocycles. The van der Waals surface area contributed by atoms with E-state index in [1.807, 2.05) is 0 Å². The summed E-state index contributed by atoms with van der Waals surface area (Å²) in [4.78, 5) is 14.3. The van der Waals surface area contributed by atoms with E-state index in [9.17, 15) is 4.79 Å². The van der Waals surface area contributed by atoms with Gasteiger partial charge in [0, 0.05) is 25.1 Å². The first-order chi connectivity index (χ1) is 10.6. The Bertz CT molecular complexity index is 737. The summed E-state index contributed by atoms with van der Waals surface area (Å²) >= 11 is 11.9. The quantitative estimate of drug-likeness (QED) is 0.648. The maximum atomic E-state index is 12.6. The number of fused-ring (bicyclic) bond motifs is 1. The molecule has 3 rings (SSSR count). The third kappa shape index (κ3) is 2.85. The number of hydrogen-bond acceptors (Lipinski definition) is 5. The molecule has 1 aromatic heterocycles. The maximum Gasteiger partial charge on any atom is 0.254 e. The molecule has 2 aromatic rings. The molecule has 1 amide bonds. The third-order valence-corrected chi connectivity index (χ3v) is 4.28. The SMILES string of the molecule is NNc1cc2c(nn1)CCN(C(=O)c1ccc(Cl)c(Cl)c1)C2. The highest BCUT2D eigenvalue weighted by molar-refractivity contribution is 6.42. The van der Waals surface area contributed by atoms with Crippen LogP contribution in [0.3, 0.4) is 0 Å². The van der Waals surface area contributed by atoms with Gasteiger partial charge in [0.05, 0.1) is 15.7 Å². The molecular weight excluding hydrogens is 325 g/mol. The highest BCUT2D eigenvalue weighted by Gasteiger charge is 2.23. The molecule has 3 N–H and O–H groups in total. The zero-order chi connectivity index (χ0) is 15.7. The van der Waals surface area contributed by atoms with Crippen molar-refractivity contribution in [1.82, 2.24) is 15.1 Å². The van der Waals surface area contributed by atoms with Gasteiger partial charge < -0.3 is 10.3 Å². The van der Waals surface area contributed by atoms with E-state index in [1.54, 1.807) is 29.2 Å². The molecule has 0 bridgehead atoms. The zero-order valence-electron chi connectivity index (χ0n) is 11.5. The summed E-state index contributed by atoms with van der Waals surface area (Å²) in [5.41, 5.74) is 4.79. The number of aromatic nitrogens is 2. The Kier molecular flexibility index (Phi) is 4.15. The van der Waals surface area contributed by atoms with Gasteiger partial charge in [-0.25, -0.2) is 5.84 Å². The van der Waals surface area contributed by atoms with E-state index in [4.69, 9.17) is 29.0 Å². The minimum atomic E-state index is -0.0942. The van der Waals surface area contributed by atoms with Crippen molar-refractivity contribution in [2.75, 3.05) is 12.0 Å². The molecule has 1 aliphatic rings. The number of amides is 1.